The Morgan fingerprint density at radius 3 is 2.30 bits per heavy atom. The zero-order valence-electron chi connectivity index (χ0n) is 12.5. The molecule has 1 saturated heterocycles. The molecule has 1 amide bonds. The van der Waals surface area contributed by atoms with E-state index in [1.165, 1.54) is 38.5 Å². The number of hydrogen-bond acceptors (Lipinski definition) is 2. The molecule has 5 rings (SSSR count). The van der Waals surface area contributed by atoms with Crippen LogP contribution in [0.25, 0.3) is 0 Å². The van der Waals surface area contributed by atoms with E-state index in [0.29, 0.717) is 11.3 Å². The van der Waals surface area contributed by atoms with Crippen LogP contribution in [-0.2, 0) is 4.79 Å². The van der Waals surface area contributed by atoms with E-state index in [4.69, 9.17) is 0 Å². The first-order valence-electron chi connectivity index (χ1n) is 8.71. The van der Waals surface area contributed by atoms with Gasteiger partial charge in [0.2, 0.25) is 5.91 Å². The van der Waals surface area contributed by atoms with Gasteiger partial charge in [0.25, 0.3) is 0 Å². The molecule has 112 valence electrons. The maximum Gasteiger partial charge on any atom is 0.224 e. The lowest BCUT2D eigenvalue weighted by Crippen LogP contribution is -2.52. The second kappa shape index (κ2) is 5.01. The van der Waals surface area contributed by atoms with Crippen molar-refractivity contribution in [2.75, 3.05) is 19.6 Å². The van der Waals surface area contributed by atoms with Crippen LogP contribution in [0.3, 0.4) is 0 Å². The van der Waals surface area contributed by atoms with Crippen molar-refractivity contribution in [1.29, 1.82) is 0 Å². The van der Waals surface area contributed by atoms with Crippen molar-refractivity contribution in [2.45, 2.75) is 51.4 Å². The zero-order chi connectivity index (χ0) is 13.6. The average molecular weight is 276 g/mol. The topological polar surface area (TPSA) is 41.1 Å². The van der Waals surface area contributed by atoms with E-state index in [9.17, 15) is 4.79 Å². The van der Waals surface area contributed by atoms with E-state index in [1.54, 1.807) is 0 Å². The molecule has 20 heavy (non-hydrogen) atoms. The van der Waals surface area contributed by atoms with Gasteiger partial charge in [-0.3, -0.25) is 4.79 Å². The predicted molar refractivity (Wildman–Crippen MR) is 79.2 cm³/mol. The lowest BCUT2D eigenvalue weighted by molar-refractivity contribution is -0.127. The molecule has 0 aromatic carbocycles. The Kier molecular flexibility index (Phi) is 3.29. The highest BCUT2D eigenvalue weighted by molar-refractivity contribution is 5.79. The Morgan fingerprint density at radius 2 is 1.75 bits per heavy atom. The molecule has 5 aliphatic rings. The Labute approximate surface area is 122 Å². The molecule has 2 N–H and O–H groups in total. The van der Waals surface area contributed by atoms with Crippen molar-refractivity contribution in [2.24, 2.45) is 29.1 Å². The van der Waals surface area contributed by atoms with Gasteiger partial charge in [-0.05, 0) is 81.1 Å². The summed E-state index contributed by atoms with van der Waals surface area (Å²) in [5, 5.41) is 6.68. The van der Waals surface area contributed by atoms with Crippen molar-refractivity contribution in [3.63, 3.8) is 0 Å². The Balaban J connectivity index is 1.36. The Morgan fingerprint density at radius 1 is 1.10 bits per heavy atom. The number of rotatable bonds is 3. The molecule has 3 nitrogen and oxygen atoms in total. The Bertz CT molecular complexity index is 351. The summed E-state index contributed by atoms with van der Waals surface area (Å²) < 4.78 is 0. The van der Waals surface area contributed by atoms with E-state index in [1.807, 2.05) is 0 Å². The molecule has 0 aromatic rings. The maximum atomic E-state index is 12.3. The summed E-state index contributed by atoms with van der Waals surface area (Å²) in [4.78, 5) is 12.3. The van der Waals surface area contributed by atoms with Crippen molar-refractivity contribution in [3.05, 3.63) is 0 Å². The number of carbonyl (C=O) groups excluding carboxylic acids is 1. The molecule has 0 spiro atoms. The highest BCUT2D eigenvalue weighted by Crippen LogP contribution is 2.59. The van der Waals surface area contributed by atoms with Crippen LogP contribution in [0.15, 0.2) is 0 Å². The first-order valence-corrected chi connectivity index (χ1v) is 8.71. The van der Waals surface area contributed by atoms with E-state index >= 15 is 0 Å². The quantitative estimate of drug-likeness (QED) is 0.830. The monoisotopic (exact) mass is 276 g/mol. The van der Waals surface area contributed by atoms with Crippen molar-refractivity contribution in [3.8, 4) is 0 Å². The highest BCUT2D eigenvalue weighted by Gasteiger charge is 2.50. The summed E-state index contributed by atoms with van der Waals surface area (Å²) in [7, 11) is 0. The fourth-order valence-electron chi connectivity index (χ4n) is 6.00. The van der Waals surface area contributed by atoms with E-state index in [0.717, 1.165) is 50.2 Å². The van der Waals surface area contributed by atoms with Gasteiger partial charge < -0.3 is 10.6 Å². The van der Waals surface area contributed by atoms with Gasteiger partial charge in [-0.15, -0.1) is 0 Å². The number of amides is 1. The number of carbonyl (C=O) groups is 1. The minimum atomic E-state index is 0.220. The summed E-state index contributed by atoms with van der Waals surface area (Å²) in [5.74, 6) is 3.48. The third kappa shape index (κ3) is 2.38. The summed E-state index contributed by atoms with van der Waals surface area (Å²) >= 11 is 0. The van der Waals surface area contributed by atoms with Crippen LogP contribution in [0, 0.1) is 29.1 Å². The van der Waals surface area contributed by atoms with Gasteiger partial charge in [-0.1, -0.05) is 0 Å². The number of piperidine rings is 1. The van der Waals surface area contributed by atoms with Gasteiger partial charge in [-0.25, -0.2) is 0 Å². The third-order valence-electron chi connectivity index (χ3n) is 6.47. The van der Waals surface area contributed by atoms with Crippen LogP contribution in [-0.4, -0.2) is 25.5 Å². The molecular formula is C17H28N2O. The van der Waals surface area contributed by atoms with Gasteiger partial charge in [0, 0.05) is 13.1 Å². The van der Waals surface area contributed by atoms with Crippen LogP contribution in [0.1, 0.15) is 51.4 Å². The predicted octanol–water partition coefficient (Wildman–Crippen LogP) is 2.32. The molecule has 4 bridgehead atoms. The fourth-order valence-corrected chi connectivity index (χ4v) is 6.00. The van der Waals surface area contributed by atoms with Gasteiger partial charge in [-0.2, -0.15) is 0 Å². The van der Waals surface area contributed by atoms with E-state index in [2.05, 4.69) is 10.6 Å². The van der Waals surface area contributed by atoms with Crippen LogP contribution in [0.5, 0.6) is 0 Å². The molecule has 1 atom stereocenters. The van der Waals surface area contributed by atoms with Gasteiger partial charge in [0.15, 0.2) is 0 Å². The standard InChI is InChI=1S/C17H28N2O/c20-16(15-2-1-3-18-10-15)19-11-17-7-12-4-13(8-17)6-14(5-12)9-17/h12-15,18H,1-11H2,(H,19,20)/t12?,13?,14?,15-,17?/m1/s1. The highest BCUT2D eigenvalue weighted by atomic mass is 16.1. The molecule has 4 aliphatic carbocycles. The van der Waals surface area contributed by atoms with Gasteiger partial charge in [0.05, 0.1) is 5.92 Å². The largest absolute Gasteiger partial charge is 0.355 e. The molecule has 5 fully saturated rings. The molecule has 0 unspecified atom stereocenters. The van der Waals surface area contributed by atoms with E-state index in [-0.39, 0.29) is 5.92 Å². The third-order valence-corrected chi connectivity index (χ3v) is 6.47. The second-order valence-corrected chi connectivity index (χ2v) is 8.18. The fraction of sp³-hybridized carbons (Fsp3) is 0.941. The molecule has 3 heteroatoms. The maximum absolute atomic E-state index is 12.3. The molecule has 0 radical (unpaired) electrons. The molecular weight excluding hydrogens is 248 g/mol. The summed E-state index contributed by atoms with van der Waals surface area (Å²) in [6.07, 6.45) is 10.8. The smallest absolute Gasteiger partial charge is 0.224 e. The molecule has 0 aromatic heterocycles. The normalized spacial score (nSPS) is 46.4. The first kappa shape index (κ1) is 13.1. The second-order valence-electron chi connectivity index (χ2n) is 8.18. The summed E-state index contributed by atoms with van der Waals surface area (Å²) in [5.41, 5.74) is 0.479. The molecule has 1 aliphatic heterocycles. The van der Waals surface area contributed by atoms with Gasteiger partial charge >= 0.3 is 0 Å². The SMILES string of the molecule is O=C(NCC12CC3CC(CC(C3)C1)C2)[C@@H]1CCCNC1. The number of nitrogens with one attached hydrogen (secondary N) is 2. The van der Waals surface area contributed by atoms with Crippen LogP contribution in [0.2, 0.25) is 0 Å². The Hall–Kier alpha value is -0.570. The average Bonchev–Trinajstić information content (AvgIpc) is 2.44. The van der Waals surface area contributed by atoms with E-state index < -0.39 is 0 Å². The zero-order valence-corrected chi connectivity index (χ0v) is 12.5. The number of hydrogen-bond donors (Lipinski definition) is 2. The lowest BCUT2D eigenvalue weighted by Gasteiger charge is -2.57. The molecule has 1 heterocycles. The molecule has 4 saturated carbocycles. The lowest BCUT2D eigenvalue weighted by atomic mass is 9.49. The summed E-state index contributed by atoms with van der Waals surface area (Å²) in [6, 6.07) is 0. The minimum absolute atomic E-state index is 0.220. The summed E-state index contributed by atoms with van der Waals surface area (Å²) in [6.45, 7) is 2.93. The van der Waals surface area contributed by atoms with Crippen molar-refractivity contribution >= 4 is 5.91 Å². The first-order chi connectivity index (χ1) is 9.72. The van der Waals surface area contributed by atoms with Gasteiger partial charge in [0.1, 0.15) is 0 Å². The van der Waals surface area contributed by atoms with Crippen LogP contribution >= 0.6 is 0 Å². The van der Waals surface area contributed by atoms with Crippen LogP contribution in [0.4, 0.5) is 0 Å². The van der Waals surface area contributed by atoms with Crippen molar-refractivity contribution in [1.82, 2.24) is 10.6 Å². The minimum Gasteiger partial charge on any atom is -0.355 e. The van der Waals surface area contributed by atoms with Crippen molar-refractivity contribution < 1.29 is 4.79 Å². The van der Waals surface area contributed by atoms with Crippen LogP contribution < -0.4 is 10.6 Å².